The fourth-order valence-electron chi connectivity index (χ4n) is 2.81. The molecule has 1 saturated heterocycles. The van der Waals surface area contributed by atoms with Gasteiger partial charge in [-0.3, -0.25) is 4.79 Å². The fraction of sp³-hybridized carbons (Fsp3) is 0.333. The van der Waals surface area contributed by atoms with E-state index in [-0.39, 0.29) is 29.0 Å². The molecular weight excluding hydrogens is 346 g/mol. The number of thiazole rings is 1. The maximum atomic E-state index is 14.2. The zero-order valence-corrected chi connectivity index (χ0v) is 14.6. The SMILES string of the molecule is C#Cc1cc(C=O)c(N2C[C@@H](C)O[C@@H](C)C2)c(F)c1F.c1nc2sc1=2. The van der Waals surface area contributed by atoms with Crippen LogP contribution < -0.4 is 4.90 Å². The van der Waals surface area contributed by atoms with Gasteiger partial charge in [0.1, 0.15) is 4.66 Å². The van der Waals surface area contributed by atoms with Crippen molar-refractivity contribution in [3.05, 3.63) is 44.2 Å². The Morgan fingerprint density at radius 1 is 1.36 bits per heavy atom. The molecule has 25 heavy (non-hydrogen) atoms. The predicted molar refractivity (Wildman–Crippen MR) is 91.7 cm³/mol. The summed E-state index contributed by atoms with van der Waals surface area (Å²) in [6, 6.07) is 1.20. The van der Waals surface area contributed by atoms with Crippen LogP contribution in [0.5, 0.6) is 0 Å². The summed E-state index contributed by atoms with van der Waals surface area (Å²) in [4.78, 5) is 16.6. The van der Waals surface area contributed by atoms with Gasteiger partial charge in [-0.05, 0) is 19.9 Å². The zero-order chi connectivity index (χ0) is 18.1. The smallest absolute Gasteiger partial charge is 0.184 e. The molecule has 0 aromatic heterocycles. The summed E-state index contributed by atoms with van der Waals surface area (Å²) in [5, 5.41) is 0. The van der Waals surface area contributed by atoms with Gasteiger partial charge >= 0.3 is 0 Å². The average molecular weight is 362 g/mol. The second-order valence-electron chi connectivity index (χ2n) is 5.94. The predicted octanol–water partition coefficient (Wildman–Crippen LogP) is 3.12. The first-order valence-electron chi connectivity index (χ1n) is 7.75. The Morgan fingerprint density at radius 2 is 2.00 bits per heavy atom. The molecule has 3 aliphatic heterocycles. The standard InChI is InChI=1S/C15H15F2NO2.C3HNS/c1-4-11-5-12(8-19)15(14(17)13(11)16)18-6-9(2)20-10(3)7-18;1-2-3(4-1)5-2/h1,5,8-10H,6-7H2,2-3H3;1H/t9-,10+;. The van der Waals surface area contributed by atoms with Gasteiger partial charge in [0.2, 0.25) is 0 Å². The van der Waals surface area contributed by atoms with Crippen molar-refractivity contribution >= 4 is 23.3 Å². The van der Waals surface area contributed by atoms with Crippen LogP contribution in [-0.4, -0.2) is 36.6 Å². The van der Waals surface area contributed by atoms with E-state index in [1.165, 1.54) is 15.3 Å². The van der Waals surface area contributed by atoms with Gasteiger partial charge in [-0.15, -0.1) is 17.8 Å². The molecule has 0 N–H and O–H groups in total. The van der Waals surface area contributed by atoms with Crippen LogP contribution in [0.2, 0.25) is 0 Å². The van der Waals surface area contributed by atoms with E-state index in [0.717, 1.165) is 0 Å². The lowest BCUT2D eigenvalue weighted by Gasteiger charge is -2.37. The molecule has 0 amide bonds. The molecule has 4 nitrogen and oxygen atoms in total. The van der Waals surface area contributed by atoms with E-state index < -0.39 is 11.6 Å². The highest BCUT2D eigenvalue weighted by molar-refractivity contribution is 7.14. The summed E-state index contributed by atoms with van der Waals surface area (Å²) < 4.78 is 36.3. The Morgan fingerprint density at radius 3 is 2.40 bits per heavy atom. The third-order valence-electron chi connectivity index (χ3n) is 3.90. The molecule has 1 aromatic rings. The van der Waals surface area contributed by atoms with Crippen molar-refractivity contribution in [2.24, 2.45) is 0 Å². The molecule has 0 spiro atoms. The van der Waals surface area contributed by atoms with Crippen molar-refractivity contribution in [2.45, 2.75) is 26.1 Å². The monoisotopic (exact) mass is 362 g/mol. The highest BCUT2D eigenvalue weighted by Gasteiger charge is 2.28. The molecule has 4 rings (SSSR count). The van der Waals surface area contributed by atoms with Crippen LogP contribution in [-0.2, 0) is 4.74 Å². The van der Waals surface area contributed by atoms with Crippen molar-refractivity contribution in [2.75, 3.05) is 18.0 Å². The number of benzene rings is 1. The van der Waals surface area contributed by atoms with Gasteiger partial charge in [0, 0.05) is 24.8 Å². The van der Waals surface area contributed by atoms with Gasteiger partial charge in [-0.2, -0.15) is 0 Å². The number of carbonyl (C=O) groups excluding carboxylic acids is 1. The molecule has 130 valence electrons. The number of hydrogen-bond acceptors (Lipinski definition) is 5. The van der Waals surface area contributed by atoms with Crippen molar-refractivity contribution in [1.82, 2.24) is 4.98 Å². The molecule has 7 heteroatoms. The molecule has 3 heterocycles. The molecule has 0 bridgehead atoms. The highest BCUT2D eigenvalue weighted by Crippen LogP contribution is 2.30. The second kappa shape index (κ2) is 6.90. The lowest BCUT2D eigenvalue weighted by Crippen LogP contribution is -2.46. The molecule has 0 saturated carbocycles. The lowest BCUT2D eigenvalue weighted by atomic mass is 10.1. The van der Waals surface area contributed by atoms with Crippen LogP contribution in [0.15, 0.2) is 12.3 Å². The summed E-state index contributed by atoms with van der Waals surface area (Å²) >= 11 is 1.77. The first-order chi connectivity index (χ1) is 11.9. The number of terminal acetylenes is 1. The van der Waals surface area contributed by atoms with E-state index >= 15 is 0 Å². The third kappa shape index (κ3) is 3.55. The Hall–Kier alpha value is -2.30. The topological polar surface area (TPSA) is 42.4 Å². The van der Waals surface area contributed by atoms with E-state index in [1.54, 1.807) is 16.2 Å². The lowest BCUT2D eigenvalue weighted by molar-refractivity contribution is -0.00547. The van der Waals surface area contributed by atoms with Crippen molar-refractivity contribution in [3.63, 3.8) is 0 Å². The number of hydrogen-bond donors (Lipinski definition) is 0. The summed E-state index contributed by atoms with van der Waals surface area (Å²) in [6.45, 7) is 4.45. The quantitative estimate of drug-likeness (QED) is 0.519. The van der Waals surface area contributed by atoms with Crippen LogP contribution in [0, 0.1) is 33.2 Å². The van der Waals surface area contributed by atoms with E-state index in [1.807, 2.05) is 26.0 Å². The van der Waals surface area contributed by atoms with Crippen molar-refractivity contribution in [1.29, 1.82) is 0 Å². The fourth-order valence-corrected chi connectivity index (χ4v) is 3.29. The minimum atomic E-state index is -1.10. The Labute approximate surface area is 147 Å². The van der Waals surface area contributed by atoms with Gasteiger partial charge in [0.25, 0.3) is 0 Å². The van der Waals surface area contributed by atoms with Crippen LogP contribution in [0.25, 0.3) is 0 Å². The Kier molecular flexibility index (Phi) is 4.84. The maximum Gasteiger partial charge on any atom is 0.184 e. The van der Waals surface area contributed by atoms with Crippen LogP contribution in [0.1, 0.15) is 29.8 Å². The molecule has 1 fully saturated rings. The Balaban J connectivity index is 0.000000304. The van der Waals surface area contributed by atoms with Gasteiger partial charge in [0.05, 0.1) is 28.0 Å². The molecule has 2 atom stereocenters. The molecule has 0 aliphatic carbocycles. The van der Waals surface area contributed by atoms with Crippen molar-refractivity contribution in [3.8, 4) is 12.3 Å². The normalized spacial score (nSPS) is 20.4. The largest absolute Gasteiger partial charge is 0.372 e. The van der Waals surface area contributed by atoms with E-state index in [4.69, 9.17) is 11.2 Å². The molecule has 1 aromatic carbocycles. The Bertz CT molecular complexity index is 919. The first-order valence-corrected chi connectivity index (χ1v) is 8.56. The molecule has 0 unspecified atom stereocenters. The molecule has 0 radical (unpaired) electrons. The summed E-state index contributed by atoms with van der Waals surface area (Å²) in [6.07, 6.45) is 7.23. The number of aromatic nitrogens is 1. The number of rotatable bonds is 2. The number of carbonyl (C=O) groups is 1. The van der Waals surface area contributed by atoms with E-state index in [0.29, 0.717) is 19.4 Å². The number of ether oxygens (including phenoxy) is 1. The van der Waals surface area contributed by atoms with Gasteiger partial charge in [0.15, 0.2) is 17.9 Å². The number of nitrogens with zero attached hydrogens (tertiary/aromatic N) is 2. The van der Waals surface area contributed by atoms with Gasteiger partial charge in [-0.25, -0.2) is 13.8 Å². The minimum absolute atomic E-state index is 0.0431. The summed E-state index contributed by atoms with van der Waals surface area (Å²) in [5.74, 6) is -0.136. The summed E-state index contributed by atoms with van der Waals surface area (Å²) in [7, 11) is 0. The number of morpholine rings is 1. The molecular formula is C18H16F2N2O2S. The minimum Gasteiger partial charge on any atom is -0.372 e. The second-order valence-corrected chi connectivity index (χ2v) is 6.97. The van der Waals surface area contributed by atoms with Crippen molar-refractivity contribution < 1.29 is 18.3 Å². The third-order valence-corrected chi connectivity index (χ3v) is 4.74. The van der Waals surface area contributed by atoms with Crippen LogP contribution in [0.3, 0.4) is 0 Å². The van der Waals surface area contributed by atoms with Gasteiger partial charge in [-0.1, -0.05) is 5.92 Å². The number of halogens is 2. The van der Waals surface area contributed by atoms with E-state index in [2.05, 4.69) is 4.98 Å². The first kappa shape index (κ1) is 17.5. The van der Waals surface area contributed by atoms with Crippen LogP contribution in [0.4, 0.5) is 14.5 Å². The number of aldehydes is 1. The molecule has 3 aliphatic rings. The number of anilines is 1. The summed E-state index contributed by atoms with van der Waals surface area (Å²) in [5.41, 5.74) is -0.237. The maximum absolute atomic E-state index is 14.2. The highest BCUT2D eigenvalue weighted by atomic mass is 32.1. The van der Waals surface area contributed by atoms with Gasteiger partial charge < -0.3 is 9.64 Å². The van der Waals surface area contributed by atoms with E-state index in [9.17, 15) is 13.6 Å². The zero-order valence-electron chi connectivity index (χ0n) is 13.8. The average Bonchev–Trinajstić information content (AvgIpc) is 3.15. The van der Waals surface area contributed by atoms with Crippen LogP contribution >= 0.6 is 11.3 Å².